The van der Waals surface area contributed by atoms with Crippen LogP contribution in [0.2, 0.25) is 0 Å². The van der Waals surface area contributed by atoms with E-state index in [0.717, 1.165) is 40.4 Å². The van der Waals surface area contributed by atoms with Gasteiger partial charge in [-0.25, -0.2) is 9.37 Å². The van der Waals surface area contributed by atoms with Crippen LogP contribution in [0.4, 0.5) is 4.39 Å². The van der Waals surface area contributed by atoms with E-state index < -0.39 is 0 Å². The predicted molar refractivity (Wildman–Crippen MR) is 112 cm³/mol. The molecule has 1 N–H and O–H groups in total. The van der Waals surface area contributed by atoms with Crippen molar-refractivity contribution in [3.8, 4) is 0 Å². The molecule has 4 nitrogen and oxygen atoms in total. The van der Waals surface area contributed by atoms with Gasteiger partial charge in [0, 0.05) is 36.7 Å². The van der Waals surface area contributed by atoms with Crippen LogP contribution < -0.4 is 5.32 Å². The molecule has 0 aliphatic carbocycles. The van der Waals surface area contributed by atoms with E-state index in [-0.39, 0.29) is 29.8 Å². The SMILES string of the molecule is CN=C(NCCSc1ccc(F)cc1)N(C)Cc1csc(C)n1.I. The molecular weight excluding hydrogens is 458 g/mol. The normalized spacial score (nSPS) is 11.1. The van der Waals surface area contributed by atoms with Crippen LogP contribution in [0.3, 0.4) is 0 Å². The minimum Gasteiger partial charge on any atom is -0.355 e. The molecule has 8 heteroatoms. The first-order valence-corrected chi connectivity index (χ1v) is 9.16. The fourth-order valence-electron chi connectivity index (χ4n) is 2.05. The van der Waals surface area contributed by atoms with Gasteiger partial charge < -0.3 is 10.2 Å². The number of hydrogen-bond donors (Lipinski definition) is 1. The van der Waals surface area contributed by atoms with Gasteiger partial charge in [0.15, 0.2) is 5.96 Å². The molecule has 0 fully saturated rings. The van der Waals surface area contributed by atoms with E-state index >= 15 is 0 Å². The van der Waals surface area contributed by atoms with Gasteiger partial charge in [0.25, 0.3) is 0 Å². The van der Waals surface area contributed by atoms with E-state index in [9.17, 15) is 4.39 Å². The van der Waals surface area contributed by atoms with E-state index in [1.165, 1.54) is 12.1 Å². The third kappa shape index (κ3) is 6.94. The fourth-order valence-corrected chi connectivity index (χ4v) is 3.42. The highest BCUT2D eigenvalue weighted by atomic mass is 127. The molecule has 1 aromatic heterocycles. The summed E-state index contributed by atoms with van der Waals surface area (Å²) in [5, 5.41) is 6.48. The van der Waals surface area contributed by atoms with Gasteiger partial charge in [0.2, 0.25) is 0 Å². The van der Waals surface area contributed by atoms with Crippen molar-refractivity contribution in [1.82, 2.24) is 15.2 Å². The first-order chi connectivity index (χ1) is 11.1. The van der Waals surface area contributed by atoms with Gasteiger partial charge in [-0.1, -0.05) is 0 Å². The van der Waals surface area contributed by atoms with Gasteiger partial charge in [-0.15, -0.1) is 47.1 Å². The first kappa shape index (κ1) is 21.2. The fraction of sp³-hybridized carbons (Fsp3) is 0.375. The Labute approximate surface area is 168 Å². The Kier molecular flexibility index (Phi) is 9.60. The minimum absolute atomic E-state index is 0. The van der Waals surface area contributed by atoms with Crippen molar-refractivity contribution < 1.29 is 4.39 Å². The molecular formula is C16H22FIN4S2. The molecule has 0 aliphatic heterocycles. The molecule has 0 bridgehead atoms. The second-order valence-electron chi connectivity index (χ2n) is 4.99. The number of aryl methyl sites for hydroxylation is 1. The summed E-state index contributed by atoms with van der Waals surface area (Å²) in [6.45, 7) is 3.53. The molecule has 2 rings (SSSR count). The molecule has 132 valence electrons. The number of aliphatic imine (C=N–C) groups is 1. The lowest BCUT2D eigenvalue weighted by Crippen LogP contribution is -2.39. The lowest BCUT2D eigenvalue weighted by atomic mass is 10.4. The van der Waals surface area contributed by atoms with Crippen LogP contribution in [0.5, 0.6) is 0 Å². The van der Waals surface area contributed by atoms with Crippen molar-refractivity contribution in [2.75, 3.05) is 26.4 Å². The van der Waals surface area contributed by atoms with Crippen molar-refractivity contribution in [2.24, 2.45) is 4.99 Å². The number of nitrogens with one attached hydrogen (secondary N) is 1. The van der Waals surface area contributed by atoms with Crippen LogP contribution in [0.1, 0.15) is 10.7 Å². The molecule has 2 aromatic rings. The predicted octanol–water partition coefficient (Wildman–Crippen LogP) is 4.01. The number of nitrogens with zero attached hydrogens (tertiary/aromatic N) is 3. The molecule has 1 aromatic carbocycles. The number of hydrogen-bond acceptors (Lipinski definition) is 4. The Morgan fingerprint density at radius 3 is 2.67 bits per heavy atom. The number of rotatable bonds is 6. The summed E-state index contributed by atoms with van der Waals surface area (Å²) in [7, 11) is 3.77. The van der Waals surface area contributed by atoms with Gasteiger partial charge in [-0.3, -0.25) is 4.99 Å². The van der Waals surface area contributed by atoms with Crippen molar-refractivity contribution >= 4 is 53.0 Å². The molecule has 0 spiro atoms. The second-order valence-corrected chi connectivity index (χ2v) is 7.22. The van der Waals surface area contributed by atoms with Gasteiger partial charge >= 0.3 is 0 Å². The molecule has 0 saturated carbocycles. The van der Waals surface area contributed by atoms with Crippen molar-refractivity contribution in [1.29, 1.82) is 0 Å². The first-order valence-electron chi connectivity index (χ1n) is 7.29. The van der Waals surface area contributed by atoms with E-state index in [2.05, 4.69) is 25.6 Å². The number of halogens is 2. The Morgan fingerprint density at radius 2 is 2.08 bits per heavy atom. The standard InChI is InChI=1S/C16H21FN4S2.HI/c1-12-20-14(11-23-12)10-21(3)16(18-2)19-8-9-22-15-6-4-13(17)5-7-15;/h4-7,11H,8-10H2,1-3H3,(H,18,19);1H. The number of thiazole rings is 1. The summed E-state index contributed by atoms with van der Waals surface area (Å²) >= 11 is 3.34. The third-order valence-electron chi connectivity index (χ3n) is 3.11. The van der Waals surface area contributed by atoms with E-state index in [1.54, 1.807) is 42.3 Å². The highest BCUT2D eigenvalue weighted by Crippen LogP contribution is 2.17. The summed E-state index contributed by atoms with van der Waals surface area (Å²) in [6.07, 6.45) is 0. The summed E-state index contributed by atoms with van der Waals surface area (Å²) in [5.74, 6) is 1.52. The van der Waals surface area contributed by atoms with E-state index in [1.807, 2.05) is 14.0 Å². The number of aromatic nitrogens is 1. The summed E-state index contributed by atoms with van der Waals surface area (Å²) in [4.78, 5) is 11.9. The van der Waals surface area contributed by atoms with Crippen LogP contribution in [0, 0.1) is 12.7 Å². The quantitative estimate of drug-likeness (QED) is 0.223. The Bertz CT molecular complexity index is 646. The van der Waals surface area contributed by atoms with Gasteiger partial charge in [0.05, 0.1) is 17.2 Å². The van der Waals surface area contributed by atoms with Crippen LogP contribution >= 0.6 is 47.1 Å². The maximum atomic E-state index is 12.8. The van der Waals surface area contributed by atoms with Crippen LogP contribution in [-0.4, -0.2) is 42.2 Å². The summed E-state index contributed by atoms with van der Waals surface area (Å²) in [6, 6.07) is 6.56. The average Bonchev–Trinajstić information content (AvgIpc) is 2.94. The average molecular weight is 480 g/mol. The molecule has 0 amide bonds. The molecule has 1 heterocycles. The summed E-state index contributed by atoms with van der Waals surface area (Å²) in [5.41, 5.74) is 1.05. The Morgan fingerprint density at radius 1 is 1.38 bits per heavy atom. The lowest BCUT2D eigenvalue weighted by Gasteiger charge is -2.21. The van der Waals surface area contributed by atoms with Gasteiger partial charge in [-0.05, 0) is 31.2 Å². The van der Waals surface area contributed by atoms with E-state index in [4.69, 9.17) is 0 Å². The van der Waals surface area contributed by atoms with Crippen LogP contribution in [0.15, 0.2) is 39.5 Å². The summed E-state index contributed by atoms with van der Waals surface area (Å²) < 4.78 is 12.8. The second kappa shape index (κ2) is 10.9. The largest absolute Gasteiger partial charge is 0.355 e. The molecule has 0 atom stereocenters. The highest BCUT2D eigenvalue weighted by molar-refractivity contribution is 14.0. The zero-order chi connectivity index (χ0) is 16.7. The number of guanidine groups is 1. The van der Waals surface area contributed by atoms with Crippen molar-refractivity contribution in [3.05, 3.63) is 46.2 Å². The number of thioether (sulfide) groups is 1. The van der Waals surface area contributed by atoms with Crippen molar-refractivity contribution in [3.63, 3.8) is 0 Å². The molecule has 0 unspecified atom stereocenters. The monoisotopic (exact) mass is 480 g/mol. The topological polar surface area (TPSA) is 40.5 Å². The minimum atomic E-state index is -0.202. The molecule has 0 saturated heterocycles. The third-order valence-corrected chi connectivity index (χ3v) is 4.94. The van der Waals surface area contributed by atoms with E-state index in [0.29, 0.717) is 0 Å². The van der Waals surface area contributed by atoms with Crippen LogP contribution in [-0.2, 0) is 6.54 Å². The molecule has 0 radical (unpaired) electrons. The molecule has 0 aliphatic rings. The Balaban J connectivity index is 0.00000288. The van der Waals surface area contributed by atoms with Crippen LogP contribution in [0.25, 0.3) is 0 Å². The number of benzene rings is 1. The maximum absolute atomic E-state index is 12.8. The smallest absolute Gasteiger partial charge is 0.193 e. The lowest BCUT2D eigenvalue weighted by molar-refractivity contribution is 0.473. The zero-order valence-electron chi connectivity index (χ0n) is 14.0. The zero-order valence-corrected chi connectivity index (χ0v) is 17.9. The van der Waals surface area contributed by atoms with Crippen molar-refractivity contribution in [2.45, 2.75) is 18.4 Å². The maximum Gasteiger partial charge on any atom is 0.193 e. The van der Waals surface area contributed by atoms with Gasteiger partial charge in [0.1, 0.15) is 5.82 Å². The Hall–Kier alpha value is -0.870. The highest BCUT2D eigenvalue weighted by Gasteiger charge is 2.08. The molecule has 24 heavy (non-hydrogen) atoms. The van der Waals surface area contributed by atoms with Gasteiger partial charge in [-0.2, -0.15) is 0 Å².